The predicted molar refractivity (Wildman–Crippen MR) is 44.3 cm³/mol. The van der Waals surface area contributed by atoms with Gasteiger partial charge in [-0.1, -0.05) is 0 Å². The van der Waals surface area contributed by atoms with Crippen molar-refractivity contribution in [2.75, 3.05) is 20.5 Å². The molecule has 12 heavy (non-hydrogen) atoms. The first kappa shape index (κ1) is 9.53. The van der Waals surface area contributed by atoms with Crippen LogP contribution in [0.5, 0.6) is 0 Å². The molecule has 1 atom stereocenters. The van der Waals surface area contributed by atoms with E-state index in [1.165, 1.54) is 0 Å². The summed E-state index contributed by atoms with van der Waals surface area (Å²) >= 11 is 0. The van der Waals surface area contributed by atoms with Crippen molar-refractivity contribution >= 4 is 0 Å². The number of ether oxygens (including phenoxy) is 3. The monoisotopic (exact) mass is 170 g/mol. The van der Waals surface area contributed by atoms with E-state index in [0.29, 0.717) is 6.61 Å². The maximum absolute atomic E-state index is 5.38. The maximum atomic E-state index is 5.38. The van der Waals surface area contributed by atoms with Gasteiger partial charge in [-0.25, -0.2) is 0 Å². The Kier molecular flexibility index (Phi) is 3.54. The van der Waals surface area contributed by atoms with Gasteiger partial charge in [0, 0.05) is 13.5 Å². The zero-order chi connectivity index (χ0) is 8.86. The average Bonchev–Trinajstić information content (AvgIpc) is 2.16. The van der Waals surface area contributed by atoms with Gasteiger partial charge in [0.25, 0.3) is 0 Å². The molecule has 0 aromatic carbocycles. The summed E-state index contributed by atoms with van der Waals surface area (Å²) in [6.45, 7) is 0.859. The van der Waals surface area contributed by atoms with Crippen LogP contribution in [0.1, 0.15) is 19.3 Å². The third-order valence-electron chi connectivity index (χ3n) is 1.87. The average molecular weight is 170 g/mol. The fourth-order valence-electron chi connectivity index (χ4n) is 1.19. The normalized spacial score (nSPS) is 29.7. The summed E-state index contributed by atoms with van der Waals surface area (Å²) in [5, 5.41) is 0. The first-order valence-corrected chi connectivity index (χ1v) is 4.07. The van der Waals surface area contributed by atoms with Crippen LogP contribution in [0.2, 0.25) is 0 Å². The summed E-state index contributed by atoms with van der Waals surface area (Å²) < 4.78 is 15.4. The fraction of sp³-hybridized carbons (Fsp3) is 0.778. The largest absolute Gasteiger partial charge is 0.358 e. The quantitative estimate of drug-likeness (QED) is 0.469. The van der Waals surface area contributed by atoms with Gasteiger partial charge in [0.15, 0.2) is 6.79 Å². The van der Waals surface area contributed by atoms with Gasteiger partial charge in [-0.05, 0) is 18.8 Å². The van der Waals surface area contributed by atoms with Crippen LogP contribution in [0, 0.1) is 12.3 Å². The Morgan fingerprint density at radius 2 is 2.42 bits per heavy atom. The molecule has 0 spiro atoms. The Bertz CT molecular complexity index is 165. The molecule has 0 bridgehead atoms. The van der Waals surface area contributed by atoms with Crippen molar-refractivity contribution in [2.24, 2.45) is 0 Å². The van der Waals surface area contributed by atoms with Crippen molar-refractivity contribution < 1.29 is 14.2 Å². The molecule has 0 aliphatic carbocycles. The third-order valence-corrected chi connectivity index (χ3v) is 1.87. The molecule has 1 fully saturated rings. The van der Waals surface area contributed by atoms with Crippen LogP contribution >= 0.6 is 0 Å². The Labute approximate surface area is 73.0 Å². The highest BCUT2D eigenvalue weighted by atomic mass is 16.8. The molecule has 0 radical (unpaired) electrons. The van der Waals surface area contributed by atoms with Crippen molar-refractivity contribution in [1.29, 1.82) is 0 Å². The van der Waals surface area contributed by atoms with Gasteiger partial charge in [-0.15, -0.1) is 6.42 Å². The van der Waals surface area contributed by atoms with E-state index < -0.39 is 5.79 Å². The van der Waals surface area contributed by atoms with Crippen LogP contribution in [-0.4, -0.2) is 26.3 Å². The molecule has 1 aliphatic rings. The Hall–Kier alpha value is -0.560. The minimum Gasteiger partial charge on any atom is -0.358 e. The van der Waals surface area contributed by atoms with E-state index in [2.05, 4.69) is 5.92 Å². The van der Waals surface area contributed by atoms with Crippen molar-refractivity contribution in [3.63, 3.8) is 0 Å². The van der Waals surface area contributed by atoms with Gasteiger partial charge in [-0.2, -0.15) is 0 Å². The maximum Gasteiger partial charge on any atom is 0.235 e. The van der Waals surface area contributed by atoms with Gasteiger partial charge >= 0.3 is 0 Å². The summed E-state index contributed by atoms with van der Waals surface area (Å²) in [6.07, 6.45) is 8.19. The van der Waals surface area contributed by atoms with Gasteiger partial charge < -0.3 is 14.2 Å². The van der Waals surface area contributed by atoms with Crippen molar-refractivity contribution in [3.05, 3.63) is 0 Å². The molecule has 0 amide bonds. The van der Waals surface area contributed by atoms with E-state index in [1.54, 1.807) is 7.11 Å². The lowest BCUT2D eigenvalue weighted by atomic mass is 10.1. The molecule has 0 N–H and O–H groups in total. The molecular weight excluding hydrogens is 156 g/mol. The molecule has 1 aliphatic heterocycles. The third kappa shape index (κ3) is 2.21. The molecule has 1 unspecified atom stereocenters. The highest BCUT2D eigenvalue weighted by Gasteiger charge is 2.31. The lowest BCUT2D eigenvalue weighted by molar-refractivity contribution is -0.249. The summed E-state index contributed by atoms with van der Waals surface area (Å²) in [6, 6.07) is 0. The van der Waals surface area contributed by atoms with E-state index in [4.69, 9.17) is 20.6 Å². The van der Waals surface area contributed by atoms with Crippen LogP contribution in [0.4, 0.5) is 0 Å². The fourth-order valence-corrected chi connectivity index (χ4v) is 1.19. The zero-order valence-corrected chi connectivity index (χ0v) is 7.34. The standard InChI is InChI=1S/C9H14O3/c1-3-9(12-8-10-2)6-4-5-7-11-9/h1H,4-8H2,2H3. The van der Waals surface area contributed by atoms with Crippen molar-refractivity contribution in [3.8, 4) is 12.3 Å². The molecule has 3 heteroatoms. The molecule has 68 valence electrons. The van der Waals surface area contributed by atoms with Crippen molar-refractivity contribution in [1.82, 2.24) is 0 Å². The summed E-state index contributed by atoms with van der Waals surface area (Å²) in [4.78, 5) is 0. The molecule has 3 nitrogen and oxygen atoms in total. The first-order valence-electron chi connectivity index (χ1n) is 4.07. The first-order chi connectivity index (χ1) is 5.83. The SMILES string of the molecule is C#CC1(OCOC)CCCCO1. The van der Waals surface area contributed by atoms with E-state index >= 15 is 0 Å². The Balaban J connectivity index is 2.44. The molecule has 1 saturated heterocycles. The number of methoxy groups -OCH3 is 1. The van der Waals surface area contributed by atoms with E-state index in [9.17, 15) is 0 Å². The number of rotatable bonds is 3. The molecular formula is C9H14O3. The molecule has 0 saturated carbocycles. The lowest BCUT2D eigenvalue weighted by Crippen LogP contribution is -2.38. The second-order valence-electron chi connectivity index (χ2n) is 2.75. The predicted octanol–water partition coefficient (Wildman–Crippen LogP) is 1.14. The minimum absolute atomic E-state index is 0.185. The minimum atomic E-state index is -0.825. The number of hydrogen-bond donors (Lipinski definition) is 0. The second kappa shape index (κ2) is 4.46. The van der Waals surface area contributed by atoms with Crippen LogP contribution in [-0.2, 0) is 14.2 Å². The van der Waals surface area contributed by atoms with Crippen LogP contribution in [0.3, 0.4) is 0 Å². The van der Waals surface area contributed by atoms with E-state index in [0.717, 1.165) is 19.3 Å². The van der Waals surface area contributed by atoms with Crippen LogP contribution in [0.15, 0.2) is 0 Å². The summed E-state index contributed by atoms with van der Waals surface area (Å²) in [7, 11) is 1.56. The molecule has 1 heterocycles. The second-order valence-corrected chi connectivity index (χ2v) is 2.75. The Morgan fingerprint density at radius 3 is 2.92 bits per heavy atom. The van der Waals surface area contributed by atoms with Crippen LogP contribution < -0.4 is 0 Å². The lowest BCUT2D eigenvalue weighted by Gasteiger charge is -2.31. The number of hydrogen-bond acceptors (Lipinski definition) is 3. The smallest absolute Gasteiger partial charge is 0.235 e. The van der Waals surface area contributed by atoms with E-state index in [-0.39, 0.29) is 6.79 Å². The highest BCUT2D eigenvalue weighted by molar-refractivity contribution is 5.03. The Morgan fingerprint density at radius 1 is 1.58 bits per heavy atom. The van der Waals surface area contributed by atoms with E-state index in [1.807, 2.05) is 0 Å². The highest BCUT2D eigenvalue weighted by Crippen LogP contribution is 2.25. The van der Waals surface area contributed by atoms with Gasteiger partial charge in [0.05, 0.1) is 6.61 Å². The van der Waals surface area contributed by atoms with Gasteiger partial charge in [0.1, 0.15) is 0 Å². The molecule has 1 rings (SSSR count). The van der Waals surface area contributed by atoms with Gasteiger partial charge in [0.2, 0.25) is 5.79 Å². The zero-order valence-electron chi connectivity index (χ0n) is 7.34. The topological polar surface area (TPSA) is 27.7 Å². The van der Waals surface area contributed by atoms with Crippen LogP contribution in [0.25, 0.3) is 0 Å². The molecule has 0 aromatic rings. The molecule has 0 aromatic heterocycles. The van der Waals surface area contributed by atoms with Crippen molar-refractivity contribution in [2.45, 2.75) is 25.0 Å². The van der Waals surface area contributed by atoms with Gasteiger partial charge in [-0.3, -0.25) is 0 Å². The summed E-state index contributed by atoms with van der Waals surface area (Å²) in [5.74, 6) is 1.70. The number of terminal acetylenes is 1. The summed E-state index contributed by atoms with van der Waals surface area (Å²) in [5.41, 5.74) is 0.